The summed E-state index contributed by atoms with van der Waals surface area (Å²) in [5.41, 5.74) is 0.380. The van der Waals surface area contributed by atoms with Gasteiger partial charge in [-0.15, -0.1) is 0 Å². The highest BCUT2D eigenvalue weighted by atomic mass is 15.2. The molecule has 0 amide bonds. The first-order valence-corrected chi connectivity index (χ1v) is 5.88. The van der Waals surface area contributed by atoms with Gasteiger partial charge < -0.3 is 10.2 Å². The van der Waals surface area contributed by atoms with Gasteiger partial charge >= 0.3 is 0 Å². The number of rotatable bonds is 2. The van der Waals surface area contributed by atoms with Gasteiger partial charge in [-0.25, -0.2) is 0 Å². The zero-order chi connectivity index (χ0) is 10.8. The fourth-order valence-electron chi connectivity index (χ4n) is 2.17. The van der Waals surface area contributed by atoms with Crippen molar-refractivity contribution in [3.05, 3.63) is 0 Å². The molecule has 2 atom stereocenters. The Balaban J connectivity index is 2.46. The van der Waals surface area contributed by atoms with E-state index in [-0.39, 0.29) is 0 Å². The monoisotopic (exact) mass is 198 g/mol. The Morgan fingerprint density at radius 1 is 1.36 bits per heavy atom. The summed E-state index contributed by atoms with van der Waals surface area (Å²) < 4.78 is 0. The van der Waals surface area contributed by atoms with E-state index in [1.165, 1.54) is 19.4 Å². The van der Waals surface area contributed by atoms with Gasteiger partial charge in [0.15, 0.2) is 0 Å². The lowest BCUT2D eigenvalue weighted by Crippen LogP contribution is -2.58. The van der Waals surface area contributed by atoms with Crippen LogP contribution >= 0.6 is 0 Å². The van der Waals surface area contributed by atoms with Crippen LogP contribution in [0.5, 0.6) is 0 Å². The maximum absolute atomic E-state index is 3.68. The molecule has 0 bridgehead atoms. The fourth-order valence-corrected chi connectivity index (χ4v) is 2.17. The predicted octanol–water partition coefficient (Wildman–Crippen LogP) is 2.10. The zero-order valence-electron chi connectivity index (χ0n) is 10.4. The first-order chi connectivity index (χ1) is 6.45. The van der Waals surface area contributed by atoms with Gasteiger partial charge in [0, 0.05) is 25.2 Å². The summed E-state index contributed by atoms with van der Waals surface area (Å²) >= 11 is 0. The zero-order valence-corrected chi connectivity index (χ0v) is 10.4. The molecule has 1 N–H and O–H groups in total. The van der Waals surface area contributed by atoms with E-state index < -0.39 is 0 Å². The second kappa shape index (κ2) is 4.63. The minimum atomic E-state index is 0.380. The highest BCUT2D eigenvalue weighted by Gasteiger charge is 2.31. The Morgan fingerprint density at radius 3 is 2.43 bits per heavy atom. The molecular weight excluding hydrogens is 172 g/mol. The molecule has 14 heavy (non-hydrogen) atoms. The molecule has 0 radical (unpaired) electrons. The molecule has 0 aliphatic carbocycles. The van der Waals surface area contributed by atoms with Crippen LogP contribution in [0.4, 0.5) is 0 Å². The van der Waals surface area contributed by atoms with Crippen molar-refractivity contribution in [1.29, 1.82) is 0 Å². The van der Waals surface area contributed by atoms with E-state index in [0.29, 0.717) is 11.5 Å². The van der Waals surface area contributed by atoms with Gasteiger partial charge in [0.1, 0.15) is 0 Å². The Bertz CT molecular complexity index is 172. The lowest BCUT2D eigenvalue weighted by atomic mass is 9.84. The average molecular weight is 198 g/mol. The number of piperazine rings is 1. The maximum atomic E-state index is 3.68. The summed E-state index contributed by atoms with van der Waals surface area (Å²) in [5, 5.41) is 3.68. The fraction of sp³-hybridized carbons (Fsp3) is 1.00. The second-order valence-corrected chi connectivity index (χ2v) is 5.71. The summed E-state index contributed by atoms with van der Waals surface area (Å²) in [4.78, 5) is 2.52. The molecule has 1 rings (SSSR count). The van der Waals surface area contributed by atoms with Gasteiger partial charge in [-0.2, -0.15) is 0 Å². The van der Waals surface area contributed by atoms with E-state index in [2.05, 4.69) is 45.0 Å². The average Bonchev–Trinajstić information content (AvgIpc) is 2.07. The molecule has 0 saturated carbocycles. The molecular formula is C12H26N2. The molecule has 2 heteroatoms. The molecule has 0 aromatic heterocycles. The topological polar surface area (TPSA) is 15.3 Å². The molecule has 0 aromatic carbocycles. The van der Waals surface area contributed by atoms with E-state index in [1.54, 1.807) is 0 Å². The van der Waals surface area contributed by atoms with E-state index in [4.69, 9.17) is 0 Å². The molecule has 1 fully saturated rings. The van der Waals surface area contributed by atoms with Crippen LogP contribution in [0.3, 0.4) is 0 Å². The Labute approximate surface area is 89.1 Å². The Hall–Kier alpha value is -0.0800. The van der Waals surface area contributed by atoms with Crippen molar-refractivity contribution in [2.45, 2.75) is 52.6 Å². The second-order valence-electron chi connectivity index (χ2n) is 5.71. The van der Waals surface area contributed by atoms with Gasteiger partial charge in [-0.1, -0.05) is 34.1 Å². The van der Waals surface area contributed by atoms with Crippen molar-refractivity contribution in [2.75, 3.05) is 20.1 Å². The summed E-state index contributed by atoms with van der Waals surface area (Å²) in [6.07, 6.45) is 2.61. The summed E-state index contributed by atoms with van der Waals surface area (Å²) in [7, 11) is 2.26. The van der Waals surface area contributed by atoms with Crippen LogP contribution in [0.1, 0.15) is 40.5 Å². The minimum Gasteiger partial charge on any atom is -0.311 e. The first-order valence-electron chi connectivity index (χ1n) is 5.88. The molecule has 1 heterocycles. The number of hydrogen-bond acceptors (Lipinski definition) is 2. The Morgan fingerprint density at radius 2 is 2.00 bits per heavy atom. The number of likely N-dealkylation sites (N-methyl/N-ethyl adjacent to an activating group) is 1. The van der Waals surface area contributed by atoms with Crippen LogP contribution in [0.2, 0.25) is 0 Å². The van der Waals surface area contributed by atoms with Crippen molar-refractivity contribution in [3.63, 3.8) is 0 Å². The molecule has 1 saturated heterocycles. The van der Waals surface area contributed by atoms with Crippen LogP contribution in [-0.2, 0) is 0 Å². The van der Waals surface area contributed by atoms with Crippen LogP contribution in [0.25, 0.3) is 0 Å². The molecule has 2 nitrogen and oxygen atoms in total. The lowest BCUT2D eigenvalue weighted by molar-refractivity contribution is 0.103. The largest absolute Gasteiger partial charge is 0.311 e. The normalized spacial score (nSPS) is 30.6. The number of nitrogens with zero attached hydrogens (tertiary/aromatic N) is 1. The van der Waals surface area contributed by atoms with Gasteiger partial charge in [0.2, 0.25) is 0 Å². The Kier molecular flexibility index (Phi) is 3.96. The summed E-state index contributed by atoms with van der Waals surface area (Å²) in [6, 6.07) is 1.39. The highest BCUT2D eigenvalue weighted by Crippen LogP contribution is 2.23. The van der Waals surface area contributed by atoms with Crippen LogP contribution in [0.15, 0.2) is 0 Å². The molecule has 2 unspecified atom stereocenters. The highest BCUT2D eigenvalue weighted by molar-refractivity contribution is 4.90. The molecule has 1 aliphatic heterocycles. The number of hydrogen-bond donors (Lipinski definition) is 1. The molecule has 1 aliphatic rings. The SMILES string of the molecule is CCCC1CNC(C(C)(C)C)CN1C. The van der Waals surface area contributed by atoms with Crippen molar-refractivity contribution in [2.24, 2.45) is 5.41 Å². The van der Waals surface area contributed by atoms with Crippen LogP contribution < -0.4 is 5.32 Å². The van der Waals surface area contributed by atoms with E-state index in [0.717, 1.165) is 12.6 Å². The lowest BCUT2D eigenvalue weighted by Gasteiger charge is -2.43. The first kappa shape index (κ1) is 12.0. The summed E-state index contributed by atoms with van der Waals surface area (Å²) in [6.45, 7) is 11.6. The van der Waals surface area contributed by atoms with Gasteiger partial charge in [-0.3, -0.25) is 0 Å². The van der Waals surface area contributed by atoms with Gasteiger partial charge in [-0.05, 0) is 18.9 Å². The van der Waals surface area contributed by atoms with E-state index >= 15 is 0 Å². The third-order valence-corrected chi connectivity index (χ3v) is 3.36. The third-order valence-electron chi connectivity index (χ3n) is 3.36. The predicted molar refractivity (Wildman–Crippen MR) is 62.6 cm³/mol. The van der Waals surface area contributed by atoms with E-state index in [9.17, 15) is 0 Å². The third kappa shape index (κ3) is 2.96. The minimum absolute atomic E-state index is 0.380. The van der Waals surface area contributed by atoms with Crippen molar-refractivity contribution in [1.82, 2.24) is 10.2 Å². The van der Waals surface area contributed by atoms with E-state index in [1.807, 2.05) is 0 Å². The maximum Gasteiger partial charge on any atom is 0.0244 e. The van der Waals surface area contributed by atoms with Crippen LogP contribution in [-0.4, -0.2) is 37.1 Å². The van der Waals surface area contributed by atoms with Gasteiger partial charge in [0.05, 0.1) is 0 Å². The standard InChI is InChI=1S/C12H26N2/c1-6-7-10-8-13-11(9-14(10)5)12(2,3)4/h10-11,13H,6-9H2,1-5H3. The summed E-state index contributed by atoms with van der Waals surface area (Å²) in [5.74, 6) is 0. The molecule has 0 spiro atoms. The van der Waals surface area contributed by atoms with Crippen molar-refractivity contribution >= 4 is 0 Å². The van der Waals surface area contributed by atoms with Crippen LogP contribution in [0, 0.1) is 5.41 Å². The quantitative estimate of drug-likeness (QED) is 0.731. The molecule has 84 valence electrons. The van der Waals surface area contributed by atoms with Gasteiger partial charge in [0.25, 0.3) is 0 Å². The number of nitrogens with one attached hydrogen (secondary N) is 1. The van der Waals surface area contributed by atoms with Crippen molar-refractivity contribution in [3.8, 4) is 0 Å². The van der Waals surface area contributed by atoms with Crippen molar-refractivity contribution < 1.29 is 0 Å². The molecule has 0 aromatic rings. The smallest absolute Gasteiger partial charge is 0.0244 e.